The van der Waals surface area contributed by atoms with Crippen LogP contribution in [0.15, 0.2) is 127 Å². The summed E-state index contributed by atoms with van der Waals surface area (Å²) < 4.78 is 0. The summed E-state index contributed by atoms with van der Waals surface area (Å²) in [7, 11) is 0. The van der Waals surface area contributed by atoms with Crippen LogP contribution >= 0.6 is 0 Å². The topological polar surface area (TPSA) is 0 Å². The molecule has 0 heteroatoms. The Hall–Kier alpha value is -3.90. The maximum Gasteiger partial charge on any atom is -0.0152 e. The Labute approximate surface area is 216 Å². The first-order valence-corrected chi connectivity index (χ1v) is 13.1. The van der Waals surface area contributed by atoms with Gasteiger partial charge in [0.2, 0.25) is 0 Å². The van der Waals surface area contributed by atoms with E-state index in [2.05, 4.69) is 148 Å². The second-order valence-electron chi connectivity index (χ2n) is 9.06. The Balaban J connectivity index is 0.000000127. The smallest absolute Gasteiger partial charge is 0.0152 e. The van der Waals surface area contributed by atoms with E-state index in [9.17, 15) is 0 Å². The normalized spacial score (nSPS) is 10.4. The first-order chi connectivity index (χ1) is 17.7. The van der Waals surface area contributed by atoms with Gasteiger partial charge in [-0.05, 0) is 68.3 Å². The Bertz CT molecular complexity index is 1450. The molecule has 0 radical (unpaired) electrons. The van der Waals surface area contributed by atoms with Crippen LogP contribution in [0, 0.1) is 0 Å². The standard InChI is InChI=1S/3C12H12/c1-2-10-7-5-8-11-6-3-4-9-12(10)11;2*1-2-10-7-8-11-5-3-4-6-12(11)9-10/h3*3-9H,2H2,1H3. The first-order valence-electron chi connectivity index (χ1n) is 13.1. The zero-order chi connectivity index (χ0) is 25.2. The van der Waals surface area contributed by atoms with Gasteiger partial charge in [0.15, 0.2) is 0 Å². The molecule has 0 saturated heterocycles. The van der Waals surface area contributed by atoms with Gasteiger partial charge in [-0.3, -0.25) is 0 Å². The molecule has 0 aliphatic carbocycles. The molecule has 0 aliphatic heterocycles. The lowest BCUT2D eigenvalue weighted by Crippen LogP contribution is -1.81. The molecular formula is C36H36. The van der Waals surface area contributed by atoms with Gasteiger partial charge in [0.1, 0.15) is 0 Å². The number of fused-ring (bicyclic) bond motifs is 3. The molecule has 6 aromatic rings. The summed E-state index contributed by atoms with van der Waals surface area (Å²) in [5.41, 5.74) is 4.26. The lowest BCUT2D eigenvalue weighted by Gasteiger charge is -2.02. The van der Waals surface area contributed by atoms with Crippen molar-refractivity contribution < 1.29 is 0 Å². The molecule has 0 atom stereocenters. The predicted octanol–water partition coefficient (Wildman–Crippen LogP) is 10.2. The van der Waals surface area contributed by atoms with Crippen LogP contribution < -0.4 is 0 Å². The van der Waals surface area contributed by atoms with Crippen molar-refractivity contribution in [3.8, 4) is 0 Å². The van der Waals surface area contributed by atoms with E-state index in [4.69, 9.17) is 0 Å². The van der Waals surface area contributed by atoms with Gasteiger partial charge in [-0.15, -0.1) is 0 Å². The van der Waals surface area contributed by atoms with Crippen LogP contribution in [0.5, 0.6) is 0 Å². The Morgan fingerprint density at radius 3 is 1.31 bits per heavy atom. The molecule has 0 amide bonds. The fourth-order valence-corrected chi connectivity index (χ4v) is 4.52. The van der Waals surface area contributed by atoms with Crippen LogP contribution in [0.4, 0.5) is 0 Å². The highest BCUT2D eigenvalue weighted by atomic mass is 14.0. The fraction of sp³-hybridized carbons (Fsp3) is 0.167. The van der Waals surface area contributed by atoms with E-state index in [1.165, 1.54) is 49.0 Å². The molecule has 0 aliphatic rings. The summed E-state index contributed by atoms with van der Waals surface area (Å²) in [6, 6.07) is 45.2. The van der Waals surface area contributed by atoms with E-state index in [1.807, 2.05) is 0 Å². The zero-order valence-electron chi connectivity index (χ0n) is 21.7. The van der Waals surface area contributed by atoms with Crippen molar-refractivity contribution in [3.63, 3.8) is 0 Å². The van der Waals surface area contributed by atoms with Crippen molar-refractivity contribution in [1.29, 1.82) is 0 Å². The summed E-state index contributed by atoms with van der Waals surface area (Å²) in [4.78, 5) is 0. The second-order valence-corrected chi connectivity index (χ2v) is 9.06. The summed E-state index contributed by atoms with van der Waals surface area (Å²) in [5, 5.41) is 8.08. The van der Waals surface area contributed by atoms with E-state index in [0.717, 1.165) is 19.3 Å². The molecule has 180 valence electrons. The van der Waals surface area contributed by atoms with Gasteiger partial charge in [-0.25, -0.2) is 0 Å². The van der Waals surface area contributed by atoms with E-state index in [-0.39, 0.29) is 0 Å². The van der Waals surface area contributed by atoms with E-state index < -0.39 is 0 Å². The molecule has 0 nitrogen and oxygen atoms in total. The third-order valence-electron chi connectivity index (χ3n) is 6.71. The van der Waals surface area contributed by atoms with Crippen LogP contribution in [-0.2, 0) is 19.3 Å². The van der Waals surface area contributed by atoms with Gasteiger partial charge in [0.25, 0.3) is 0 Å². The Morgan fingerprint density at radius 1 is 0.361 bits per heavy atom. The maximum atomic E-state index is 2.26. The van der Waals surface area contributed by atoms with E-state index >= 15 is 0 Å². The minimum atomic E-state index is 1.11. The number of hydrogen-bond donors (Lipinski definition) is 0. The van der Waals surface area contributed by atoms with Gasteiger partial charge in [-0.1, -0.05) is 148 Å². The molecule has 6 rings (SSSR count). The Morgan fingerprint density at radius 2 is 0.806 bits per heavy atom. The van der Waals surface area contributed by atoms with Crippen LogP contribution in [0.25, 0.3) is 32.3 Å². The molecule has 36 heavy (non-hydrogen) atoms. The first kappa shape index (κ1) is 25.2. The SMILES string of the molecule is CCc1ccc2ccccc2c1.CCc1ccc2ccccc2c1.CCc1cccc2ccccc12. The summed E-state index contributed by atoms with van der Waals surface area (Å²) >= 11 is 0. The van der Waals surface area contributed by atoms with Gasteiger partial charge in [0, 0.05) is 0 Å². The minimum absolute atomic E-state index is 1.11. The van der Waals surface area contributed by atoms with Gasteiger partial charge < -0.3 is 0 Å². The van der Waals surface area contributed by atoms with Crippen molar-refractivity contribution in [1.82, 2.24) is 0 Å². The number of hydrogen-bond acceptors (Lipinski definition) is 0. The largest absolute Gasteiger partial charge is 0.0616 e. The molecular weight excluding hydrogens is 432 g/mol. The average molecular weight is 469 g/mol. The monoisotopic (exact) mass is 468 g/mol. The molecule has 6 aromatic carbocycles. The zero-order valence-corrected chi connectivity index (χ0v) is 21.7. The number of rotatable bonds is 3. The average Bonchev–Trinajstić information content (AvgIpc) is 2.97. The highest BCUT2D eigenvalue weighted by Crippen LogP contribution is 2.19. The lowest BCUT2D eigenvalue weighted by atomic mass is 10.0. The van der Waals surface area contributed by atoms with Gasteiger partial charge >= 0.3 is 0 Å². The molecule has 0 saturated carbocycles. The van der Waals surface area contributed by atoms with E-state index in [0.29, 0.717) is 0 Å². The maximum absolute atomic E-state index is 2.26. The second kappa shape index (κ2) is 12.7. The van der Waals surface area contributed by atoms with Gasteiger partial charge in [0.05, 0.1) is 0 Å². The lowest BCUT2D eigenvalue weighted by molar-refractivity contribution is 1.15. The molecule has 0 spiro atoms. The van der Waals surface area contributed by atoms with Crippen molar-refractivity contribution >= 4 is 32.3 Å². The molecule has 0 aromatic heterocycles. The van der Waals surface area contributed by atoms with Crippen LogP contribution in [0.2, 0.25) is 0 Å². The molecule has 0 N–H and O–H groups in total. The van der Waals surface area contributed by atoms with E-state index in [1.54, 1.807) is 0 Å². The van der Waals surface area contributed by atoms with Crippen molar-refractivity contribution in [2.45, 2.75) is 40.0 Å². The number of benzene rings is 6. The van der Waals surface area contributed by atoms with Gasteiger partial charge in [-0.2, -0.15) is 0 Å². The fourth-order valence-electron chi connectivity index (χ4n) is 4.52. The van der Waals surface area contributed by atoms with Crippen molar-refractivity contribution in [3.05, 3.63) is 144 Å². The van der Waals surface area contributed by atoms with Crippen LogP contribution in [-0.4, -0.2) is 0 Å². The summed E-state index contributed by atoms with van der Waals surface area (Å²) in [6.45, 7) is 6.57. The molecule has 0 bridgehead atoms. The van der Waals surface area contributed by atoms with Crippen molar-refractivity contribution in [2.24, 2.45) is 0 Å². The highest BCUT2D eigenvalue weighted by Gasteiger charge is 1.96. The molecule has 0 heterocycles. The minimum Gasteiger partial charge on any atom is -0.0616 e. The third kappa shape index (κ3) is 6.40. The van der Waals surface area contributed by atoms with Crippen LogP contribution in [0.1, 0.15) is 37.5 Å². The third-order valence-corrected chi connectivity index (χ3v) is 6.71. The summed E-state index contributed by atoms with van der Waals surface area (Å²) in [5.74, 6) is 0. The molecule has 0 fully saturated rings. The number of aryl methyl sites for hydroxylation is 3. The Kier molecular flexibility index (Phi) is 8.89. The highest BCUT2D eigenvalue weighted by molar-refractivity contribution is 5.86. The molecule has 0 unspecified atom stereocenters. The van der Waals surface area contributed by atoms with Crippen molar-refractivity contribution in [2.75, 3.05) is 0 Å². The van der Waals surface area contributed by atoms with Crippen LogP contribution in [0.3, 0.4) is 0 Å². The summed E-state index contributed by atoms with van der Waals surface area (Å²) in [6.07, 6.45) is 3.34. The predicted molar refractivity (Wildman–Crippen MR) is 160 cm³/mol. The quantitative estimate of drug-likeness (QED) is 0.242.